The first-order valence-corrected chi connectivity index (χ1v) is 9.87. The Hall–Kier alpha value is -3.03. The number of aliphatic hydroxyl groups is 1. The number of aromatic amines is 1. The molecule has 0 bridgehead atoms. The average Bonchev–Trinajstić information content (AvgIpc) is 3.24. The highest BCUT2D eigenvalue weighted by Gasteiger charge is 2.29. The van der Waals surface area contributed by atoms with E-state index in [0.29, 0.717) is 25.1 Å². The fraction of sp³-hybridized carbons (Fsp3) is 0.611. The topological polar surface area (TPSA) is 226 Å². The summed E-state index contributed by atoms with van der Waals surface area (Å²) in [6, 6.07) is -4.51. The molecule has 0 fully saturated rings. The number of carbonyl (C=O) groups is 4. The van der Waals surface area contributed by atoms with E-state index in [1.165, 1.54) is 19.4 Å². The minimum absolute atomic E-state index is 0.0192. The van der Waals surface area contributed by atoms with Crippen molar-refractivity contribution < 1.29 is 29.4 Å². The molecule has 4 unspecified atom stereocenters. The Labute approximate surface area is 179 Å². The Kier molecular flexibility index (Phi) is 11.2. The van der Waals surface area contributed by atoms with Crippen LogP contribution in [0, 0.1) is 0 Å². The Morgan fingerprint density at radius 2 is 1.77 bits per heavy atom. The molecule has 0 saturated heterocycles. The van der Waals surface area contributed by atoms with Crippen molar-refractivity contribution in [3.63, 3.8) is 0 Å². The molecule has 0 aliphatic carbocycles. The van der Waals surface area contributed by atoms with Crippen LogP contribution in [-0.4, -0.2) is 81.2 Å². The van der Waals surface area contributed by atoms with E-state index in [1.54, 1.807) is 0 Å². The van der Waals surface area contributed by atoms with Gasteiger partial charge in [-0.3, -0.25) is 14.4 Å². The zero-order chi connectivity index (χ0) is 23.4. The number of H-pyrrole nitrogens is 1. The molecule has 10 N–H and O–H groups in total. The summed E-state index contributed by atoms with van der Waals surface area (Å²) in [6.07, 6.45) is 4.63. The number of aliphatic hydroxyl groups excluding tert-OH is 1. The molecule has 0 aliphatic rings. The standard InChI is InChI=1S/C18H31N7O6/c1-10(23-16(28)12(20)4-2-3-5-19)15(27)24-13(6-11-7-21-9-22-11)17(29)25-14(8-26)18(30)31/h7,9-10,12-14,26H,2-6,8,19-20H2,1H3,(H,21,22)(H,23,28)(H,24,27)(H,25,29)(H,30,31). The molecule has 1 aromatic rings. The number of carboxylic acids is 1. The maximum absolute atomic E-state index is 12.5. The van der Waals surface area contributed by atoms with Crippen LogP contribution >= 0.6 is 0 Å². The van der Waals surface area contributed by atoms with Gasteiger partial charge in [0.15, 0.2) is 0 Å². The molecule has 13 heteroatoms. The number of nitrogens with two attached hydrogens (primary N) is 2. The number of amides is 3. The summed E-state index contributed by atoms with van der Waals surface area (Å²) in [7, 11) is 0. The molecule has 1 heterocycles. The van der Waals surface area contributed by atoms with Gasteiger partial charge in [-0.05, 0) is 26.3 Å². The van der Waals surface area contributed by atoms with Gasteiger partial charge in [-0.1, -0.05) is 6.42 Å². The van der Waals surface area contributed by atoms with Gasteiger partial charge in [-0.15, -0.1) is 0 Å². The molecule has 174 valence electrons. The van der Waals surface area contributed by atoms with Crippen molar-refractivity contribution in [3.05, 3.63) is 18.2 Å². The molecule has 3 amide bonds. The van der Waals surface area contributed by atoms with Crippen LogP contribution in [0.3, 0.4) is 0 Å². The first-order chi connectivity index (χ1) is 14.7. The Bertz CT molecular complexity index is 727. The predicted octanol–water partition coefficient (Wildman–Crippen LogP) is -3.04. The van der Waals surface area contributed by atoms with Crippen LogP contribution in [0.1, 0.15) is 31.9 Å². The number of imidazole rings is 1. The lowest BCUT2D eigenvalue weighted by atomic mass is 10.1. The summed E-state index contributed by atoms with van der Waals surface area (Å²) in [5.41, 5.74) is 11.7. The van der Waals surface area contributed by atoms with Crippen molar-refractivity contribution in [2.75, 3.05) is 13.2 Å². The maximum Gasteiger partial charge on any atom is 0.328 e. The number of unbranched alkanes of at least 4 members (excludes halogenated alkanes) is 1. The summed E-state index contributed by atoms with van der Waals surface area (Å²) in [4.78, 5) is 54.9. The van der Waals surface area contributed by atoms with Crippen LogP contribution in [0.5, 0.6) is 0 Å². The summed E-state index contributed by atoms with van der Waals surface area (Å²) in [6.45, 7) is 1.10. The van der Waals surface area contributed by atoms with Crippen LogP contribution in [0.2, 0.25) is 0 Å². The van der Waals surface area contributed by atoms with Gasteiger partial charge in [-0.25, -0.2) is 9.78 Å². The molecule has 1 rings (SSSR count). The van der Waals surface area contributed by atoms with Gasteiger partial charge >= 0.3 is 5.97 Å². The number of nitrogens with zero attached hydrogens (tertiary/aromatic N) is 1. The number of carboxylic acid groups (broad SMARTS) is 1. The van der Waals surface area contributed by atoms with E-state index >= 15 is 0 Å². The van der Waals surface area contributed by atoms with Gasteiger partial charge in [0.1, 0.15) is 18.1 Å². The van der Waals surface area contributed by atoms with E-state index in [2.05, 4.69) is 25.9 Å². The zero-order valence-corrected chi connectivity index (χ0v) is 17.3. The molecule has 13 nitrogen and oxygen atoms in total. The number of hydrogen-bond acceptors (Lipinski definition) is 8. The molecule has 0 radical (unpaired) electrons. The van der Waals surface area contributed by atoms with Crippen LogP contribution < -0.4 is 27.4 Å². The molecule has 0 aromatic carbocycles. The number of aromatic nitrogens is 2. The SMILES string of the molecule is CC(NC(=O)C(N)CCCCN)C(=O)NC(Cc1cnc[nH]1)C(=O)NC(CO)C(=O)O. The monoisotopic (exact) mass is 441 g/mol. The summed E-state index contributed by atoms with van der Waals surface area (Å²) in [5, 5.41) is 25.2. The number of nitrogens with one attached hydrogen (secondary N) is 4. The minimum Gasteiger partial charge on any atom is -0.480 e. The highest BCUT2D eigenvalue weighted by atomic mass is 16.4. The molecule has 0 aliphatic heterocycles. The third-order valence-electron chi connectivity index (χ3n) is 4.47. The molecular weight excluding hydrogens is 410 g/mol. The summed E-state index contributed by atoms with van der Waals surface area (Å²) >= 11 is 0. The molecule has 31 heavy (non-hydrogen) atoms. The van der Waals surface area contributed by atoms with Gasteiger partial charge in [0.25, 0.3) is 0 Å². The second-order valence-corrected chi connectivity index (χ2v) is 7.05. The number of hydrogen-bond donors (Lipinski definition) is 8. The lowest BCUT2D eigenvalue weighted by Gasteiger charge is -2.23. The van der Waals surface area contributed by atoms with Crippen molar-refractivity contribution in [2.45, 2.75) is 56.8 Å². The quantitative estimate of drug-likeness (QED) is 0.137. The second-order valence-electron chi connectivity index (χ2n) is 7.05. The number of rotatable bonds is 14. The van der Waals surface area contributed by atoms with Gasteiger partial charge in [0, 0.05) is 18.3 Å². The number of carbonyl (C=O) groups excluding carboxylic acids is 3. The van der Waals surface area contributed by atoms with Crippen molar-refractivity contribution in [2.24, 2.45) is 11.5 Å². The van der Waals surface area contributed by atoms with Gasteiger partial charge < -0.3 is 42.6 Å². The second kappa shape index (κ2) is 13.3. The lowest BCUT2D eigenvalue weighted by Crippen LogP contribution is -2.57. The lowest BCUT2D eigenvalue weighted by molar-refractivity contribution is -0.143. The van der Waals surface area contributed by atoms with Gasteiger partial charge in [0.2, 0.25) is 17.7 Å². The van der Waals surface area contributed by atoms with Gasteiger partial charge in [-0.2, -0.15) is 0 Å². The smallest absolute Gasteiger partial charge is 0.328 e. The highest BCUT2D eigenvalue weighted by molar-refractivity contribution is 5.94. The van der Waals surface area contributed by atoms with Gasteiger partial charge in [0.05, 0.1) is 19.0 Å². The molecule has 4 atom stereocenters. The van der Waals surface area contributed by atoms with Crippen molar-refractivity contribution in [3.8, 4) is 0 Å². The minimum atomic E-state index is -1.53. The van der Waals surface area contributed by atoms with Crippen molar-refractivity contribution >= 4 is 23.7 Å². The van der Waals surface area contributed by atoms with Crippen LogP contribution in [0.25, 0.3) is 0 Å². The molecular formula is C18H31N7O6. The van der Waals surface area contributed by atoms with Crippen molar-refractivity contribution in [1.82, 2.24) is 25.9 Å². The highest BCUT2D eigenvalue weighted by Crippen LogP contribution is 2.02. The molecule has 0 saturated carbocycles. The normalized spacial score (nSPS) is 14.7. The number of aliphatic carboxylic acids is 1. The predicted molar refractivity (Wildman–Crippen MR) is 109 cm³/mol. The Morgan fingerprint density at radius 1 is 1.10 bits per heavy atom. The first kappa shape index (κ1) is 26.0. The van der Waals surface area contributed by atoms with E-state index in [4.69, 9.17) is 21.7 Å². The fourth-order valence-corrected chi connectivity index (χ4v) is 2.61. The Balaban J connectivity index is 2.76. The average molecular weight is 441 g/mol. The first-order valence-electron chi connectivity index (χ1n) is 9.87. The summed E-state index contributed by atoms with van der Waals surface area (Å²) in [5.74, 6) is -3.42. The van der Waals surface area contributed by atoms with E-state index in [1.807, 2.05) is 0 Å². The van der Waals surface area contributed by atoms with Crippen LogP contribution in [0.15, 0.2) is 12.5 Å². The van der Waals surface area contributed by atoms with Crippen LogP contribution in [-0.2, 0) is 25.6 Å². The third kappa shape index (κ3) is 9.11. The largest absolute Gasteiger partial charge is 0.480 e. The van der Waals surface area contributed by atoms with Crippen LogP contribution in [0.4, 0.5) is 0 Å². The van der Waals surface area contributed by atoms with Crippen molar-refractivity contribution in [1.29, 1.82) is 0 Å². The summed E-state index contributed by atoms with van der Waals surface area (Å²) < 4.78 is 0. The van der Waals surface area contributed by atoms with E-state index in [-0.39, 0.29) is 6.42 Å². The maximum atomic E-state index is 12.5. The van der Waals surface area contributed by atoms with E-state index < -0.39 is 54.5 Å². The fourth-order valence-electron chi connectivity index (χ4n) is 2.61. The Morgan fingerprint density at radius 3 is 2.32 bits per heavy atom. The third-order valence-corrected chi connectivity index (χ3v) is 4.47. The van der Waals surface area contributed by atoms with E-state index in [9.17, 15) is 19.2 Å². The molecule has 0 spiro atoms. The zero-order valence-electron chi connectivity index (χ0n) is 17.3. The molecule has 1 aromatic heterocycles. The van der Waals surface area contributed by atoms with E-state index in [0.717, 1.165) is 6.42 Å².